The molecule has 3 N–H and O–H groups in total. The molecule has 0 atom stereocenters. The molecule has 1 aromatic carbocycles. The molecule has 0 fully saturated rings. The van der Waals surface area contributed by atoms with Gasteiger partial charge in [0.15, 0.2) is 0 Å². The molecule has 2 aromatic rings. The van der Waals surface area contributed by atoms with Gasteiger partial charge >= 0.3 is 0 Å². The standard InChI is InChI=1S/C11H12ClN3O2S2/c12-10-5-15-11(18-10)6-14-9-3-1-8(2-4-9)7-19(13,16)17/h1-5,14H,6-7H2,(H2,13,16,17). The average molecular weight is 318 g/mol. The van der Waals surface area contributed by atoms with Crippen molar-refractivity contribution in [3.8, 4) is 0 Å². The highest BCUT2D eigenvalue weighted by molar-refractivity contribution is 7.88. The Balaban J connectivity index is 1.95. The van der Waals surface area contributed by atoms with E-state index < -0.39 is 10.0 Å². The molecule has 0 unspecified atom stereocenters. The summed E-state index contributed by atoms with van der Waals surface area (Å²) >= 11 is 7.20. The third-order valence-electron chi connectivity index (χ3n) is 2.29. The van der Waals surface area contributed by atoms with Crippen molar-refractivity contribution < 1.29 is 8.42 Å². The van der Waals surface area contributed by atoms with Crippen LogP contribution in [-0.2, 0) is 22.3 Å². The van der Waals surface area contributed by atoms with Crippen molar-refractivity contribution in [1.29, 1.82) is 0 Å². The highest BCUT2D eigenvalue weighted by Crippen LogP contribution is 2.19. The second-order valence-corrected chi connectivity index (χ2v) is 7.28. The number of nitrogens with two attached hydrogens (primary N) is 1. The van der Waals surface area contributed by atoms with Gasteiger partial charge in [-0.1, -0.05) is 23.7 Å². The Morgan fingerprint density at radius 3 is 2.53 bits per heavy atom. The molecule has 0 aliphatic rings. The summed E-state index contributed by atoms with van der Waals surface area (Å²) < 4.78 is 22.5. The normalized spacial score (nSPS) is 11.5. The maximum absolute atomic E-state index is 10.9. The van der Waals surface area contributed by atoms with E-state index in [4.69, 9.17) is 16.7 Å². The fourth-order valence-corrected chi connectivity index (χ4v) is 3.05. The lowest BCUT2D eigenvalue weighted by Crippen LogP contribution is -2.14. The number of anilines is 1. The quantitative estimate of drug-likeness (QED) is 0.885. The van der Waals surface area contributed by atoms with E-state index in [1.54, 1.807) is 30.5 Å². The van der Waals surface area contributed by atoms with Crippen molar-refractivity contribution in [3.63, 3.8) is 0 Å². The Kier molecular flexibility index (Phi) is 4.41. The van der Waals surface area contributed by atoms with Gasteiger partial charge in [0.2, 0.25) is 10.0 Å². The van der Waals surface area contributed by atoms with E-state index in [0.717, 1.165) is 10.7 Å². The highest BCUT2D eigenvalue weighted by atomic mass is 35.5. The molecule has 8 heteroatoms. The number of nitrogens with one attached hydrogen (secondary N) is 1. The third-order valence-corrected chi connectivity index (χ3v) is 4.14. The summed E-state index contributed by atoms with van der Waals surface area (Å²) in [5.41, 5.74) is 1.54. The molecule has 0 aliphatic heterocycles. The van der Waals surface area contributed by atoms with Gasteiger partial charge in [-0.15, -0.1) is 11.3 Å². The topological polar surface area (TPSA) is 85.1 Å². The van der Waals surface area contributed by atoms with Gasteiger partial charge in [0, 0.05) is 5.69 Å². The van der Waals surface area contributed by atoms with Crippen molar-refractivity contribution in [2.24, 2.45) is 5.14 Å². The molecule has 0 radical (unpaired) electrons. The van der Waals surface area contributed by atoms with Crippen LogP contribution in [0.2, 0.25) is 4.34 Å². The Morgan fingerprint density at radius 1 is 1.32 bits per heavy atom. The zero-order valence-electron chi connectivity index (χ0n) is 9.84. The summed E-state index contributed by atoms with van der Waals surface area (Å²) in [5, 5.41) is 9.04. The predicted octanol–water partition coefficient (Wildman–Crippen LogP) is 2.20. The van der Waals surface area contributed by atoms with Gasteiger partial charge in [0.25, 0.3) is 0 Å². The zero-order valence-corrected chi connectivity index (χ0v) is 12.2. The number of thiazole rings is 1. The molecule has 102 valence electrons. The van der Waals surface area contributed by atoms with E-state index in [-0.39, 0.29) is 5.75 Å². The van der Waals surface area contributed by atoms with Gasteiger partial charge in [-0.3, -0.25) is 0 Å². The smallest absolute Gasteiger partial charge is 0.213 e. The van der Waals surface area contributed by atoms with Crippen LogP contribution in [0.5, 0.6) is 0 Å². The molecule has 0 saturated carbocycles. The maximum Gasteiger partial charge on any atom is 0.213 e. The maximum atomic E-state index is 10.9. The molecule has 1 aromatic heterocycles. The van der Waals surface area contributed by atoms with E-state index in [9.17, 15) is 8.42 Å². The molecule has 0 bridgehead atoms. The lowest BCUT2D eigenvalue weighted by molar-refractivity contribution is 0.597. The monoisotopic (exact) mass is 317 g/mol. The molecule has 19 heavy (non-hydrogen) atoms. The number of sulfonamides is 1. The van der Waals surface area contributed by atoms with Gasteiger partial charge in [-0.2, -0.15) is 0 Å². The van der Waals surface area contributed by atoms with Crippen molar-refractivity contribution in [1.82, 2.24) is 4.98 Å². The van der Waals surface area contributed by atoms with Crippen LogP contribution < -0.4 is 10.5 Å². The summed E-state index contributed by atoms with van der Waals surface area (Å²) in [6.45, 7) is 0.575. The minimum absolute atomic E-state index is 0.157. The van der Waals surface area contributed by atoms with E-state index in [1.165, 1.54) is 11.3 Å². The van der Waals surface area contributed by atoms with E-state index in [2.05, 4.69) is 10.3 Å². The second kappa shape index (κ2) is 5.87. The summed E-state index contributed by atoms with van der Waals surface area (Å²) in [4.78, 5) is 4.13. The van der Waals surface area contributed by atoms with Crippen LogP contribution in [0.1, 0.15) is 10.6 Å². The van der Waals surface area contributed by atoms with Crippen LogP contribution in [-0.4, -0.2) is 13.4 Å². The number of nitrogens with zero attached hydrogens (tertiary/aromatic N) is 1. The summed E-state index contributed by atoms with van der Waals surface area (Å²) in [6.07, 6.45) is 1.61. The van der Waals surface area contributed by atoms with E-state index in [1.807, 2.05) is 0 Å². The van der Waals surface area contributed by atoms with Crippen LogP contribution in [0.4, 0.5) is 5.69 Å². The van der Waals surface area contributed by atoms with Gasteiger partial charge in [0.05, 0.1) is 18.5 Å². The lowest BCUT2D eigenvalue weighted by atomic mass is 10.2. The average Bonchev–Trinajstić information content (AvgIpc) is 2.72. The minimum Gasteiger partial charge on any atom is -0.379 e. The molecular formula is C11H12ClN3O2S2. The van der Waals surface area contributed by atoms with Crippen molar-refractivity contribution in [3.05, 3.63) is 45.4 Å². The first-order chi connectivity index (χ1) is 8.92. The molecule has 2 rings (SSSR count). The number of benzene rings is 1. The van der Waals surface area contributed by atoms with E-state index in [0.29, 0.717) is 16.4 Å². The van der Waals surface area contributed by atoms with Crippen molar-refractivity contribution in [2.45, 2.75) is 12.3 Å². The number of primary sulfonamides is 1. The largest absolute Gasteiger partial charge is 0.379 e. The number of aromatic nitrogens is 1. The third kappa shape index (κ3) is 4.79. The fourth-order valence-electron chi connectivity index (χ4n) is 1.50. The second-order valence-electron chi connectivity index (χ2n) is 3.92. The predicted molar refractivity (Wildman–Crippen MR) is 77.7 cm³/mol. The van der Waals surface area contributed by atoms with Crippen LogP contribution in [0.25, 0.3) is 0 Å². The van der Waals surface area contributed by atoms with Gasteiger partial charge in [-0.05, 0) is 17.7 Å². The van der Waals surface area contributed by atoms with Crippen LogP contribution in [0.15, 0.2) is 30.5 Å². The zero-order chi connectivity index (χ0) is 13.9. The van der Waals surface area contributed by atoms with Crippen molar-refractivity contribution >= 4 is 38.6 Å². The molecule has 0 spiro atoms. The summed E-state index contributed by atoms with van der Waals surface area (Å²) in [7, 11) is -3.49. The SMILES string of the molecule is NS(=O)(=O)Cc1ccc(NCc2ncc(Cl)s2)cc1. The first-order valence-electron chi connectivity index (χ1n) is 5.36. The van der Waals surface area contributed by atoms with Crippen LogP contribution in [0, 0.1) is 0 Å². The minimum atomic E-state index is -3.49. The first kappa shape index (κ1) is 14.3. The Hall–Kier alpha value is -1.15. The Morgan fingerprint density at radius 2 is 2.00 bits per heavy atom. The number of hydrogen-bond donors (Lipinski definition) is 2. The summed E-state index contributed by atoms with van der Waals surface area (Å²) in [6, 6.07) is 7.05. The lowest BCUT2D eigenvalue weighted by Gasteiger charge is -2.05. The molecular weight excluding hydrogens is 306 g/mol. The summed E-state index contributed by atoms with van der Waals surface area (Å²) in [5.74, 6) is -0.157. The number of halogens is 1. The Bertz CT molecular complexity index is 653. The highest BCUT2D eigenvalue weighted by Gasteiger charge is 2.05. The number of hydrogen-bond acceptors (Lipinski definition) is 5. The van der Waals surface area contributed by atoms with Crippen LogP contribution >= 0.6 is 22.9 Å². The van der Waals surface area contributed by atoms with Gasteiger partial charge in [-0.25, -0.2) is 18.5 Å². The van der Waals surface area contributed by atoms with E-state index >= 15 is 0 Å². The molecule has 0 aliphatic carbocycles. The number of rotatable bonds is 5. The molecule has 0 saturated heterocycles. The molecule has 1 heterocycles. The van der Waals surface area contributed by atoms with Gasteiger partial charge in [0.1, 0.15) is 9.34 Å². The van der Waals surface area contributed by atoms with Crippen molar-refractivity contribution in [2.75, 3.05) is 5.32 Å². The van der Waals surface area contributed by atoms with Gasteiger partial charge < -0.3 is 5.32 Å². The molecule has 0 amide bonds. The Labute approximate surface area is 120 Å². The van der Waals surface area contributed by atoms with Crippen LogP contribution in [0.3, 0.4) is 0 Å². The molecule has 5 nitrogen and oxygen atoms in total. The fraction of sp³-hybridized carbons (Fsp3) is 0.182. The first-order valence-corrected chi connectivity index (χ1v) is 8.27.